The molecule has 6 nitrogen and oxygen atoms in total. The van der Waals surface area contributed by atoms with Gasteiger partial charge in [0.25, 0.3) is 5.56 Å². The Kier molecular flexibility index (Phi) is 4.35. The maximum absolute atomic E-state index is 12.6. The van der Waals surface area contributed by atoms with E-state index in [4.69, 9.17) is 14.2 Å². The molecule has 0 saturated heterocycles. The van der Waals surface area contributed by atoms with E-state index in [-0.39, 0.29) is 5.56 Å². The molecule has 2 aromatic heterocycles. The van der Waals surface area contributed by atoms with Crippen molar-refractivity contribution in [3.63, 3.8) is 0 Å². The van der Waals surface area contributed by atoms with Crippen molar-refractivity contribution in [1.29, 1.82) is 0 Å². The zero-order valence-corrected chi connectivity index (χ0v) is 14.9. The van der Waals surface area contributed by atoms with Gasteiger partial charge in [-0.05, 0) is 48.7 Å². The van der Waals surface area contributed by atoms with Gasteiger partial charge in [-0.1, -0.05) is 0 Å². The summed E-state index contributed by atoms with van der Waals surface area (Å²) >= 11 is 0. The lowest BCUT2D eigenvalue weighted by Gasteiger charge is -2.12. The quantitative estimate of drug-likeness (QED) is 0.789. The van der Waals surface area contributed by atoms with Gasteiger partial charge in [0.2, 0.25) is 5.88 Å². The Labute approximate surface area is 145 Å². The van der Waals surface area contributed by atoms with Crippen molar-refractivity contribution >= 4 is 10.9 Å². The molecule has 0 atom stereocenters. The molecular formula is C19H20N2O4. The average Bonchev–Trinajstić information content (AvgIpc) is 2.60. The van der Waals surface area contributed by atoms with Gasteiger partial charge in [-0.2, -0.15) is 0 Å². The van der Waals surface area contributed by atoms with Gasteiger partial charge in [0.1, 0.15) is 16.9 Å². The summed E-state index contributed by atoms with van der Waals surface area (Å²) in [7, 11) is 4.69. The van der Waals surface area contributed by atoms with Crippen LogP contribution < -0.4 is 19.8 Å². The first-order valence-electron chi connectivity index (χ1n) is 7.80. The number of H-pyrrole nitrogens is 1. The number of nitrogens with one attached hydrogen (secondary N) is 1. The van der Waals surface area contributed by atoms with Crippen molar-refractivity contribution in [3.8, 4) is 28.6 Å². The Bertz CT molecular complexity index is 985. The molecule has 3 rings (SSSR count). The number of rotatable bonds is 4. The fourth-order valence-corrected chi connectivity index (χ4v) is 3.06. The molecule has 130 valence electrons. The number of methoxy groups -OCH3 is 3. The number of fused-ring (bicyclic) bond motifs is 1. The molecule has 0 amide bonds. The van der Waals surface area contributed by atoms with Crippen molar-refractivity contribution in [2.45, 2.75) is 13.8 Å². The van der Waals surface area contributed by atoms with Crippen LogP contribution in [-0.2, 0) is 0 Å². The molecule has 0 saturated carbocycles. The molecule has 6 heteroatoms. The smallest absolute Gasteiger partial charge is 0.261 e. The van der Waals surface area contributed by atoms with Gasteiger partial charge in [0.15, 0.2) is 0 Å². The van der Waals surface area contributed by atoms with Crippen LogP contribution in [0.5, 0.6) is 17.4 Å². The highest BCUT2D eigenvalue weighted by Crippen LogP contribution is 2.31. The van der Waals surface area contributed by atoms with Crippen LogP contribution in [0.1, 0.15) is 11.1 Å². The lowest BCUT2D eigenvalue weighted by atomic mass is 10.0. The van der Waals surface area contributed by atoms with Crippen molar-refractivity contribution in [2.24, 2.45) is 0 Å². The minimum Gasteiger partial charge on any atom is -0.496 e. The summed E-state index contributed by atoms with van der Waals surface area (Å²) in [4.78, 5) is 19.9. The number of aromatic amines is 1. The molecule has 1 aromatic carbocycles. The van der Waals surface area contributed by atoms with Gasteiger partial charge < -0.3 is 19.2 Å². The van der Waals surface area contributed by atoms with Crippen LogP contribution in [0.25, 0.3) is 22.2 Å². The minimum atomic E-state index is -0.259. The third-order valence-corrected chi connectivity index (χ3v) is 4.15. The molecule has 1 N–H and O–H groups in total. The molecule has 0 spiro atoms. The standard InChI is InChI=1S/C19H20N2O4/c1-10-6-12(7-11(2)18(10)25-5)13-8-14-17(19(22)21-13)15(23-3)9-16(20-14)24-4/h6-9H,1-5H3,(H,21,22). The van der Waals surface area contributed by atoms with Crippen LogP contribution in [0.4, 0.5) is 0 Å². The third kappa shape index (κ3) is 2.91. The summed E-state index contributed by atoms with van der Waals surface area (Å²) in [5.74, 6) is 1.66. The van der Waals surface area contributed by atoms with Crippen LogP contribution in [0.3, 0.4) is 0 Å². The highest BCUT2D eigenvalue weighted by molar-refractivity contribution is 5.87. The van der Waals surface area contributed by atoms with E-state index in [0.29, 0.717) is 28.2 Å². The molecule has 25 heavy (non-hydrogen) atoms. The largest absolute Gasteiger partial charge is 0.496 e. The molecule has 0 aliphatic rings. The van der Waals surface area contributed by atoms with E-state index in [0.717, 1.165) is 22.4 Å². The highest BCUT2D eigenvalue weighted by Gasteiger charge is 2.14. The van der Waals surface area contributed by atoms with E-state index in [9.17, 15) is 4.79 Å². The van der Waals surface area contributed by atoms with E-state index >= 15 is 0 Å². The predicted octanol–water partition coefficient (Wildman–Crippen LogP) is 3.23. The number of aromatic nitrogens is 2. The van der Waals surface area contributed by atoms with E-state index in [1.165, 1.54) is 14.2 Å². The van der Waals surface area contributed by atoms with Crippen LogP contribution in [0.2, 0.25) is 0 Å². The minimum absolute atomic E-state index is 0.259. The third-order valence-electron chi connectivity index (χ3n) is 4.15. The lowest BCUT2D eigenvalue weighted by Crippen LogP contribution is -2.10. The van der Waals surface area contributed by atoms with Crippen molar-refractivity contribution in [1.82, 2.24) is 9.97 Å². The van der Waals surface area contributed by atoms with E-state index in [2.05, 4.69) is 9.97 Å². The van der Waals surface area contributed by atoms with Crippen LogP contribution >= 0.6 is 0 Å². The number of pyridine rings is 2. The Hall–Kier alpha value is -3.02. The van der Waals surface area contributed by atoms with Crippen molar-refractivity contribution in [3.05, 3.63) is 45.7 Å². The Morgan fingerprint density at radius 3 is 2.16 bits per heavy atom. The lowest BCUT2D eigenvalue weighted by molar-refractivity contribution is 0.386. The molecule has 0 bridgehead atoms. The number of nitrogens with zero attached hydrogens (tertiary/aromatic N) is 1. The zero-order chi connectivity index (χ0) is 18.1. The van der Waals surface area contributed by atoms with Crippen LogP contribution in [0, 0.1) is 13.8 Å². The molecule has 3 aromatic rings. The maximum Gasteiger partial charge on any atom is 0.261 e. The Morgan fingerprint density at radius 1 is 0.920 bits per heavy atom. The first-order valence-corrected chi connectivity index (χ1v) is 7.80. The summed E-state index contributed by atoms with van der Waals surface area (Å²) in [5.41, 5.74) is 3.81. The number of hydrogen-bond acceptors (Lipinski definition) is 5. The fourth-order valence-electron chi connectivity index (χ4n) is 3.06. The summed E-state index contributed by atoms with van der Waals surface area (Å²) in [6.07, 6.45) is 0. The van der Waals surface area contributed by atoms with Crippen molar-refractivity contribution in [2.75, 3.05) is 21.3 Å². The van der Waals surface area contributed by atoms with Gasteiger partial charge >= 0.3 is 0 Å². The number of ether oxygens (including phenoxy) is 3. The molecule has 2 heterocycles. The predicted molar refractivity (Wildman–Crippen MR) is 96.9 cm³/mol. The Balaban J connectivity index is 2.27. The Morgan fingerprint density at radius 2 is 1.60 bits per heavy atom. The van der Waals surface area contributed by atoms with Crippen LogP contribution in [-0.4, -0.2) is 31.3 Å². The zero-order valence-electron chi connectivity index (χ0n) is 14.9. The summed E-state index contributed by atoms with van der Waals surface area (Å²) in [6.45, 7) is 3.94. The molecule has 0 aliphatic heterocycles. The molecule has 0 radical (unpaired) electrons. The summed E-state index contributed by atoms with van der Waals surface area (Å²) < 4.78 is 15.9. The van der Waals surface area contributed by atoms with E-state index in [1.54, 1.807) is 13.2 Å². The van der Waals surface area contributed by atoms with E-state index < -0.39 is 0 Å². The second-order valence-corrected chi connectivity index (χ2v) is 5.78. The van der Waals surface area contributed by atoms with Gasteiger partial charge in [0.05, 0.1) is 32.5 Å². The second kappa shape index (κ2) is 6.47. The van der Waals surface area contributed by atoms with Gasteiger partial charge in [-0.3, -0.25) is 4.79 Å². The topological polar surface area (TPSA) is 73.4 Å². The highest BCUT2D eigenvalue weighted by atomic mass is 16.5. The molecule has 0 fully saturated rings. The first kappa shape index (κ1) is 16.8. The van der Waals surface area contributed by atoms with Crippen LogP contribution in [0.15, 0.2) is 29.1 Å². The monoisotopic (exact) mass is 340 g/mol. The van der Waals surface area contributed by atoms with E-state index in [1.807, 2.05) is 32.0 Å². The van der Waals surface area contributed by atoms with Crippen molar-refractivity contribution < 1.29 is 14.2 Å². The second-order valence-electron chi connectivity index (χ2n) is 5.78. The maximum atomic E-state index is 12.6. The average molecular weight is 340 g/mol. The first-order chi connectivity index (χ1) is 12.0. The number of aryl methyl sites for hydroxylation is 2. The molecular weight excluding hydrogens is 320 g/mol. The normalized spacial score (nSPS) is 10.8. The molecule has 0 aliphatic carbocycles. The summed E-state index contributed by atoms with van der Waals surface area (Å²) in [5, 5.41) is 0.397. The van der Waals surface area contributed by atoms with Gasteiger partial charge in [-0.25, -0.2) is 4.98 Å². The SMILES string of the molecule is COc1cc(OC)c2c(=O)[nH]c(-c3cc(C)c(OC)c(C)c3)cc2n1. The fraction of sp³-hybridized carbons (Fsp3) is 0.263. The van der Waals surface area contributed by atoms with Gasteiger partial charge in [0, 0.05) is 6.07 Å². The van der Waals surface area contributed by atoms with Gasteiger partial charge in [-0.15, -0.1) is 0 Å². The number of benzene rings is 1. The summed E-state index contributed by atoms with van der Waals surface area (Å²) in [6, 6.07) is 7.36. The number of hydrogen-bond donors (Lipinski definition) is 1. The molecule has 0 unspecified atom stereocenters.